The van der Waals surface area contributed by atoms with Crippen LogP contribution >= 0.6 is 0 Å². The topological polar surface area (TPSA) is 82.4 Å². The zero-order chi connectivity index (χ0) is 18.2. The quantitative estimate of drug-likeness (QED) is 0.873. The molecular formula is C19H19N3O3. The number of ether oxygens (including phenoxy) is 1. The van der Waals surface area contributed by atoms with E-state index in [0.29, 0.717) is 23.4 Å². The minimum Gasteiger partial charge on any atom is -0.484 e. The minimum atomic E-state index is -0.167. The molecule has 0 aliphatic heterocycles. The third-order valence-corrected chi connectivity index (χ3v) is 3.63. The summed E-state index contributed by atoms with van der Waals surface area (Å²) in [7, 11) is 3.27. The molecule has 1 N–H and O–H groups in total. The fourth-order valence-corrected chi connectivity index (χ4v) is 2.15. The molecule has 0 saturated heterocycles. The Morgan fingerprint density at radius 2 is 1.76 bits per heavy atom. The maximum atomic E-state index is 12.1. The molecule has 6 nitrogen and oxygen atoms in total. The molecule has 0 atom stereocenters. The molecular weight excluding hydrogens is 318 g/mol. The summed E-state index contributed by atoms with van der Waals surface area (Å²) in [6.45, 7) is 0.336. The Morgan fingerprint density at radius 3 is 2.32 bits per heavy atom. The molecule has 25 heavy (non-hydrogen) atoms. The highest BCUT2D eigenvalue weighted by Gasteiger charge is 2.11. The van der Waals surface area contributed by atoms with Crippen molar-refractivity contribution in [3.8, 4) is 11.8 Å². The van der Waals surface area contributed by atoms with Gasteiger partial charge in [0.2, 0.25) is 0 Å². The van der Waals surface area contributed by atoms with E-state index in [0.717, 1.165) is 5.56 Å². The van der Waals surface area contributed by atoms with E-state index in [9.17, 15) is 9.59 Å². The zero-order valence-electron chi connectivity index (χ0n) is 14.2. The van der Waals surface area contributed by atoms with Crippen molar-refractivity contribution >= 4 is 11.8 Å². The highest BCUT2D eigenvalue weighted by Crippen LogP contribution is 2.12. The first-order valence-corrected chi connectivity index (χ1v) is 7.71. The summed E-state index contributed by atoms with van der Waals surface area (Å²) in [6.07, 6.45) is 0. The van der Waals surface area contributed by atoms with Crippen molar-refractivity contribution in [3.63, 3.8) is 0 Å². The van der Waals surface area contributed by atoms with Crippen LogP contribution in [0.1, 0.15) is 21.5 Å². The molecule has 6 heteroatoms. The second-order valence-corrected chi connectivity index (χ2v) is 5.45. The van der Waals surface area contributed by atoms with Crippen LogP contribution in [0.2, 0.25) is 0 Å². The molecule has 2 rings (SSSR count). The smallest absolute Gasteiger partial charge is 0.260 e. The third-order valence-electron chi connectivity index (χ3n) is 3.63. The monoisotopic (exact) mass is 337 g/mol. The Labute approximate surface area is 146 Å². The standard InChI is InChI=1S/C19H19N3O3/c1-21-19(24)16-7-3-15(4-8-16)12-22(2)18(23)13-25-17-9-5-14(11-20)6-10-17/h3-10H,12-13H2,1-2H3,(H,21,24). The summed E-state index contributed by atoms with van der Waals surface area (Å²) in [5.41, 5.74) is 2.03. The lowest BCUT2D eigenvalue weighted by atomic mass is 10.1. The minimum absolute atomic E-state index is 0.0846. The molecule has 0 aliphatic rings. The van der Waals surface area contributed by atoms with Crippen molar-refractivity contribution in [2.45, 2.75) is 6.54 Å². The van der Waals surface area contributed by atoms with Gasteiger partial charge in [-0.25, -0.2) is 0 Å². The van der Waals surface area contributed by atoms with Crippen molar-refractivity contribution in [1.82, 2.24) is 10.2 Å². The van der Waals surface area contributed by atoms with Gasteiger partial charge in [0.1, 0.15) is 5.75 Å². The van der Waals surface area contributed by atoms with Crippen LogP contribution in [0.15, 0.2) is 48.5 Å². The SMILES string of the molecule is CNC(=O)c1ccc(CN(C)C(=O)COc2ccc(C#N)cc2)cc1. The maximum Gasteiger partial charge on any atom is 0.260 e. The van der Waals surface area contributed by atoms with Gasteiger partial charge in [0, 0.05) is 26.2 Å². The number of nitrogens with zero attached hydrogens (tertiary/aromatic N) is 2. The van der Waals surface area contributed by atoms with E-state index < -0.39 is 0 Å². The number of likely N-dealkylation sites (N-methyl/N-ethyl adjacent to an activating group) is 1. The first kappa shape index (κ1) is 18.0. The van der Waals surface area contributed by atoms with Gasteiger partial charge in [-0.2, -0.15) is 5.26 Å². The normalized spacial score (nSPS) is 9.80. The second kappa shape index (κ2) is 8.50. The Hall–Kier alpha value is -3.33. The van der Waals surface area contributed by atoms with E-state index >= 15 is 0 Å². The lowest BCUT2D eigenvalue weighted by Crippen LogP contribution is -2.31. The van der Waals surface area contributed by atoms with Crippen molar-refractivity contribution in [1.29, 1.82) is 5.26 Å². The van der Waals surface area contributed by atoms with E-state index in [1.807, 2.05) is 18.2 Å². The Balaban J connectivity index is 1.87. The fourth-order valence-electron chi connectivity index (χ4n) is 2.15. The van der Waals surface area contributed by atoms with Gasteiger partial charge in [-0.15, -0.1) is 0 Å². The van der Waals surface area contributed by atoms with Gasteiger partial charge in [0.15, 0.2) is 6.61 Å². The lowest BCUT2D eigenvalue weighted by molar-refractivity contribution is -0.132. The largest absolute Gasteiger partial charge is 0.484 e. The van der Waals surface area contributed by atoms with E-state index in [1.165, 1.54) is 0 Å². The number of benzene rings is 2. The molecule has 0 spiro atoms. The van der Waals surface area contributed by atoms with Gasteiger partial charge >= 0.3 is 0 Å². The summed E-state index contributed by atoms with van der Waals surface area (Å²) in [5, 5.41) is 11.3. The van der Waals surface area contributed by atoms with Gasteiger partial charge in [0.25, 0.3) is 11.8 Å². The Kier molecular flexibility index (Phi) is 6.13. The first-order chi connectivity index (χ1) is 12.0. The number of nitrogens with one attached hydrogen (secondary N) is 1. The first-order valence-electron chi connectivity index (χ1n) is 7.71. The third kappa shape index (κ3) is 5.08. The molecule has 128 valence electrons. The maximum absolute atomic E-state index is 12.1. The molecule has 2 aromatic rings. The molecule has 2 aromatic carbocycles. The Morgan fingerprint density at radius 1 is 1.12 bits per heavy atom. The highest BCUT2D eigenvalue weighted by molar-refractivity contribution is 5.93. The predicted octanol–water partition coefficient (Wildman–Crippen LogP) is 1.96. The van der Waals surface area contributed by atoms with Gasteiger partial charge in [-0.3, -0.25) is 9.59 Å². The number of rotatable bonds is 6. The van der Waals surface area contributed by atoms with E-state index in [2.05, 4.69) is 5.32 Å². The Bertz CT molecular complexity index is 777. The second-order valence-electron chi connectivity index (χ2n) is 5.45. The average molecular weight is 337 g/mol. The summed E-state index contributed by atoms with van der Waals surface area (Å²) in [6, 6.07) is 15.7. The summed E-state index contributed by atoms with van der Waals surface area (Å²) >= 11 is 0. The number of nitriles is 1. The van der Waals surface area contributed by atoms with Gasteiger partial charge < -0.3 is 15.0 Å². The summed E-state index contributed by atoms with van der Waals surface area (Å²) in [4.78, 5) is 25.2. The van der Waals surface area contributed by atoms with Crippen molar-refractivity contribution in [2.24, 2.45) is 0 Å². The molecule has 0 aliphatic carbocycles. The van der Waals surface area contributed by atoms with Crippen LogP contribution in [-0.2, 0) is 11.3 Å². The van der Waals surface area contributed by atoms with E-state index in [1.54, 1.807) is 55.4 Å². The zero-order valence-corrected chi connectivity index (χ0v) is 14.2. The summed E-state index contributed by atoms with van der Waals surface area (Å²) < 4.78 is 5.44. The van der Waals surface area contributed by atoms with Gasteiger partial charge in [-0.05, 0) is 42.0 Å². The molecule has 0 unspecified atom stereocenters. The number of amides is 2. The number of carbonyl (C=O) groups is 2. The van der Waals surface area contributed by atoms with Crippen LogP contribution in [0.25, 0.3) is 0 Å². The molecule has 0 bridgehead atoms. The fraction of sp³-hybridized carbons (Fsp3) is 0.211. The van der Waals surface area contributed by atoms with Crippen molar-refractivity contribution in [3.05, 3.63) is 65.2 Å². The molecule has 0 heterocycles. The van der Waals surface area contributed by atoms with Crippen LogP contribution in [0.4, 0.5) is 0 Å². The molecule has 2 amide bonds. The molecule has 0 saturated carbocycles. The van der Waals surface area contributed by atoms with Crippen LogP contribution in [-0.4, -0.2) is 37.4 Å². The van der Waals surface area contributed by atoms with Crippen LogP contribution in [0.3, 0.4) is 0 Å². The van der Waals surface area contributed by atoms with Crippen molar-refractivity contribution < 1.29 is 14.3 Å². The van der Waals surface area contributed by atoms with E-state index in [4.69, 9.17) is 10.00 Å². The number of hydrogen-bond donors (Lipinski definition) is 1. The van der Waals surface area contributed by atoms with Crippen molar-refractivity contribution in [2.75, 3.05) is 20.7 Å². The van der Waals surface area contributed by atoms with Crippen LogP contribution in [0, 0.1) is 11.3 Å². The van der Waals surface area contributed by atoms with Gasteiger partial charge in [-0.1, -0.05) is 12.1 Å². The van der Waals surface area contributed by atoms with Crippen LogP contribution < -0.4 is 10.1 Å². The lowest BCUT2D eigenvalue weighted by Gasteiger charge is -2.17. The number of hydrogen-bond acceptors (Lipinski definition) is 4. The predicted molar refractivity (Wildman–Crippen MR) is 93.0 cm³/mol. The number of carbonyl (C=O) groups excluding carboxylic acids is 2. The molecule has 0 fully saturated rings. The molecule has 0 radical (unpaired) electrons. The average Bonchev–Trinajstić information content (AvgIpc) is 2.66. The van der Waals surface area contributed by atoms with Gasteiger partial charge in [0.05, 0.1) is 11.6 Å². The van der Waals surface area contributed by atoms with E-state index in [-0.39, 0.29) is 18.4 Å². The highest BCUT2D eigenvalue weighted by atomic mass is 16.5. The molecule has 0 aromatic heterocycles. The summed E-state index contributed by atoms with van der Waals surface area (Å²) in [5.74, 6) is 0.224. The van der Waals surface area contributed by atoms with Crippen LogP contribution in [0.5, 0.6) is 5.75 Å².